The van der Waals surface area contributed by atoms with Crippen LogP contribution in [-0.4, -0.2) is 33.9 Å². The number of carbonyl (C=O) groups excluding carboxylic acids is 1. The Labute approximate surface area is 157 Å². The Morgan fingerprint density at radius 3 is 2.22 bits per heavy atom. The van der Waals surface area contributed by atoms with Crippen molar-refractivity contribution >= 4 is 12.1 Å². The molecule has 0 saturated heterocycles. The molecule has 2 aromatic rings. The summed E-state index contributed by atoms with van der Waals surface area (Å²) in [5.41, 5.74) is -0.506. The Morgan fingerprint density at radius 2 is 1.63 bits per heavy atom. The Morgan fingerprint density at radius 1 is 1.00 bits per heavy atom. The van der Waals surface area contributed by atoms with Gasteiger partial charge in [-0.3, -0.25) is 0 Å². The summed E-state index contributed by atoms with van der Waals surface area (Å²) in [4.78, 5) is 23.4. The number of alkyl carbamates (subject to hydrolysis) is 1. The van der Waals surface area contributed by atoms with Gasteiger partial charge < -0.3 is 25.0 Å². The number of rotatable bonds is 6. The molecular formula is C20H23NO6. The molecule has 27 heavy (non-hydrogen) atoms. The summed E-state index contributed by atoms with van der Waals surface area (Å²) in [6, 6.07) is 13.8. The second-order valence-corrected chi connectivity index (χ2v) is 6.89. The van der Waals surface area contributed by atoms with Crippen molar-refractivity contribution in [2.45, 2.75) is 38.5 Å². The standard InChI is InChI=1S/C20H23NO6/c1-20(2,3)27-19(25)21-16(18(23)24)17(22)13-8-7-11-15(12-13)26-14-9-5-4-6-10-14/h4-12,16-17,22H,1-3H3,(H,21,25)(H,23,24)/t16-,17-/m1/s1. The van der Waals surface area contributed by atoms with E-state index in [2.05, 4.69) is 5.32 Å². The van der Waals surface area contributed by atoms with Crippen LogP contribution in [0.25, 0.3) is 0 Å². The lowest BCUT2D eigenvalue weighted by Crippen LogP contribution is -2.46. The van der Waals surface area contributed by atoms with Gasteiger partial charge in [-0.15, -0.1) is 0 Å². The Kier molecular flexibility index (Phi) is 6.41. The normalized spacial score (nSPS) is 13.3. The van der Waals surface area contributed by atoms with Crippen molar-refractivity contribution in [1.29, 1.82) is 0 Å². The molecule has 7 heteroatoms. The highest BCUT2D eigenvalue weighted by atomic mass is 16.6. The summed E-state index contributed by atoms with van der Waals surface area (Å²) in [6.45, 7) is 4.97. The number of hydrogen-bond acceptors (Lipinski definition) is 5. The van der Waals surface area contributed by atoms with Crippen LogP contribution >= 0.6 is 0 Å². The lowest BCUT2D eigenvalue weighted by atomic mass is 10.0. The summed E-state index contributed by atoms with van der Waals surface area (Å²) in [6.07, 6.45) is -2.42. The number of hydrogen-bond donors (Lipinski definition) is 3. The summed E-state index contributed by atoms with van der Waals surface area (Å²) >= 11 is 0. The third kappa shape index (κ3) is 6.31. The van der Waals surface area contributed by atoms with E-state index in [0.29, 0.717) is 11.5 Å². The minimum atomic E-state index is -1.58. The van der Waals surface area contributed by atoms with Gasteiger partial charge in [-0.1, -0.05) is 30.3 Å². The number of aliphatic hydroxyl groups is 1. The third-order valence-corrected chi connectivity index (χ3v) is 3.43. The zero-order valence-electron chi connectivity index (χ0n) is 15.4. The molecular weight excluding hydrogens is 350 g/mol. The van der Waals surface area contributed by atoms with Gasteiger partial charge in [0.25, 0.3) is 0 Å². The first-order valence-corrected chi connectivity index (χ1v) is 8.39. The molecule has 2 atom stereocenters. The highest BCUT2D eigenvalue weighted by Crippen LogP contribution is 2.26. The van der Waals surface area contributed by atoms with Crippen LogP contribution in [0.15, 0.2) is 54.6 Å². The number of ether oxygens (including phenoxy) is 2. The maximum atomic E-state index is 11.9. The molecule has 0 saturated carbocycles. The fraction of sp³-hybridized carbons (Fsp3) is 0.300. The van der Waals surface area contributed by atoms with Gasteiger partial charge in [-0.05, 0) is 50.6 Å². The third-order valence-electron chi connectivity index (χ3n) is 3.43. The SMILES string of the molecule is CC(C)(C)OC(=O)N[C@@H](C(=O)O)[C@H](O)c1cccc(Oc2ccccc2)c1. The van der Waals surface area contributed by atoms with E-state index in [1.165, 1.54) is 6.07 Å². The predicted octanol–water partition coefficient (Wildman–Crippen LogP) is 3.49. The van der Waals surface area contributed by atoms with Gasteiger partial charge in [0.15, 0.2) is 6.04 Å². The van der Waals surface area contributed by atoms with Crippen LogP contribution in [0.5, 0.6) is 11.5 Å². The molecule has 0 aromatic heterocycles. The van der Waals surface area contributed by atoms with Crippen molar-refractivity contribution in [2.75, 3.05) is 0 Å². The molecule has 0 aliphatic rings. The van der Waals surface area contributed by atoms with Gasteiger partial charge in [0, 0.05) is 0 Å². The molecule has 0 aliphatic heterocycles. The van der Waals surface area contributed by atoms with Crippen LogP contribution < -0.4 is 10.1 Å². The fourth-order valence-corrected chi connectivity index (χ4v) is 2.29. The van der Waals surface area contributed by atoms with E-state index < -0.39 is 29.8 Å². The zero-order chi connectivity index (χ0) is 20.0. The number of carbonyl (C=O) groups is 2. The van der Waals surface area contributed by atoms with E-state index >= 15 is 0 Å². The number of nitrogens with one attached hydrogen (secondary N) is 1. The smallest absolute Gasteiger partial charge is 0.408 e. The molecule has 0 spiro atoms. The monoisotopic (exact) mass is 373 g/mol. The molecule has 7 nitrogen and oxygen atoms in total. The van der Waals surface area contributed by atoms with Crippen LogP contribution in [-0.2, 0) is 9.53 Å². The first-order chi connectivity index (χ1) is 12.7. The number of benzene rings is 2. The van der Waals surface area contributed by atoms with E-state index in [-0.39, 0.29) is 5.56 Å². The second kappa shape index (κ2) is 8.55. The predicted molar refractivity (Wildman–Crippen MR) is 98.7 cm³/mol. The molecule has 0 unspecified atom stereocenters. The zero-order valence-corrected chi connectivity index (χ0v) is 15.4. The van der Waals surface area contributed by atoms with Crippen molar-refractivity contribution < 1.29 is 29.3 Å². The Balaban J connectivity index is 2.15. The van der Waals surface area contributed by atoms with Gasteiger partial charge in [-0.25, -0.2) is 9.59 Å². The summed E-state index contributed by atoms with van der Waals surface area (Å²) in [7, 11) is 0. The first kappa shape index (κ1) is 20.3. The number of carboxylic acids is 1. The molecule has 1 amide bonds. The van der Waals surface area contributed by atoms with Gasteiger partial charge >= 0.3 is 12.1 Å². The largest absolute Gasteiger partial charge is 0.480 e. The maximum Gasteiger partial charge on any atom is 0.408 e. The van der Waals surface area contributed by atoms with Crippen molar-refractivity contribution in [3.8, 4) is 11.5 Å². The Bertz CT molecular complexity index is 785. The number of aliphatic carboxylic acids is 1. The second-order valence-electron chi connectivity index (χ2n) is 6.89. The Hall–Kier alpha value is -3.06. The van der Waals surface area contributed by atoms with Gasteiger partial charge in [-0.2, -0.15) is 0 Å². The van der Waals surface area contributed by atoms with Crippen LogP contribution in [0, 0.1) is 0 Å². The van der Waals surface area contributed by atoms with Gasteiger partial charge in [0.05, 0.1) is 0 Å². The molecule has 0 fully saturated rings. The molecule has 0 radical (unpaired) electrons. The van der Waals surface area contributed by atoms with Crippen LogP contribution in [0.2, 0.25) is 0 Å². The first-order valence-electron chi connectivity index (χ1n) is 8.39. The van der Waals surface area contributed by atoms with E-state index in [4.69, 9.17) is 9.47 Å². The van der Waals surface area contributed by atoms with Crippen molar-refractivity contribution in [3.63, 3.8) is 0 Å². The van der Waals surface area contributed by atoms with E-state index in [1.54, 1.807) is 51.1 Å². The number of aliphatic hydroxyl groups excluding tert-OH is 1. The van der Waals surface area contributed by atoms with Gasteiger partial charge in [0.2, 0.25) is 0 Å². The maximum absolute atomic E-state index is 11.9. The highest BCUT2D eigenvalue weighted by molar-refractivity contribution is 5.81. The minimum absolute atomic E-state index is 0.284. The number of para-hydroxylation sites is 1. The molecule has 0 aliphatic carbocycles. The molecule has 2 rings (SSSR count). The van der Waals surface area contributed by atoms with E-state index in [9.17, 15) is 19.8 Å². The topological polar surface area (TPSA) is 105 Å². The lowest BCUT2D eigenvalue weighted by molar-refractivity contribution is -0.142. The lowest BCUT2D eigenvalue weighted by Gasteiger charge is -2.24. The van der Waals surface area contributed by atoms with Gasteiger partial charge in [0.1, 0.15) is 23.2 Å². The molecule has 3 N–H and O–H groups in total. The van der Waals surface area contributed by atoms with Crippen molar-refractivity contribution in [2.24, 2.45) is 0 Å². The average molecular weight is 373 g/mol. The summed E-state index contributed by atoms with van der Waals surface area (Å²) < 4.78 is 10.7. The van der Waals surface area contributed by atoms with Crippen LogP contribution in [0.1, 0.15) is 32.4 Å². The molecule has 0 bridgehead atoms. The average Bonchev–Trinajstić information content (AvgIpc) is 2.58. The summed E-state index contributed by atoms with van der Waals surface area (Å²) in [5.74, 6) is -0.354. The van der Waals surface area contributed by atoms with E-state index in [1.807, 2.05) is 18.2 Å². The fourth-order valence-electron chi connectivity index (χ4n) is 2.29. The minimum Gasteiger partial charge on any atom is -0.480 e. The quantitative estimate of drug-likeness (QED) is 0.716. The van der Waals surface area contributed by atoms with Crippen molar-refractivity contribution in [3.05, 3.63) is 60.2 Å². The van der Waals surface area contributed by atoms with Crippen LogP contribution in [0.3, 0.4) is 0 Å². The molecule has 144 valence electrons. The highest BCUT2D eigenvalue weighted by Gasteiger charge is 2.31. The van der Waals surface area contributed by atoms with Crippen LogP contribution in [0.4, 0.5) is 4.79 Å². The number of amides is 1. The number of carboxylic acid groups (broad SMARTS) is 1. The molecule has 0 heterocycles. The van der Waals surface area contributed by atoms with E-state index in [0.717, 1.165) is 0 Å². The summed E-state index contributed by atoms with van der Waals surface area (Å²) in [5, 5.41) is 22.1. The molecule has 2 aromatic carbocycles. The van der Waals surface area contributed by atoms with Crippen molar-refractivity contribution in [1.82, 2.24) is 5.32 Å².